The second kappa shape index (κ2) is 11.0. The van der Waals surface area contributed by atoms with Crippen LogP contribution in [0.25, 0.3) is 11.1 Å². The fourth-order valence-corrected chi connectivity index (χ4v) is 4.03. The highest BCUT2D eigenvalue weighted by molar-refractivity contribution is 6.05. The molecule has 0 spiro atoms. The molecule has 2 heterocycles. The molecule has 0 atom stereocenters. The number of amides is 1. The molecule has 0 unspecified atom stereocenters. The molecular formula is C28H27N5O2. The Kier molecular flexibility index (Phi) is 7.44. The number of carbonyl (C=O) groups is 1. The third-order valence-corrected chi connectivity index (χ3v) is 5.85. The lowest BCUT2D eigenvalue weighted by Crippen LogP contribution is -2.37. The van der Waals surface area contributed by atoms with Gasteiger partial charge in [-0.15, -0.1) is 0 Å². The van der Waals surface area contributed by atoms with Crippen LogP contribution in [0.1, 0.15) is 24.1 Å². The number of nitrogens with one attached hydrogen (secondary N) is 2. The predicted octanol–water partition coefficient (Wildman–Crippen LogP) is 4.56. The van der Waals surface area contributed by atoms with Crippen molar-refractivity contribution < 1.29 is 9.53 Å². The zero-order valence-corrected chi connectivity index (χ0v) is 19.3. The first-order valence-corrected chi connectivity index (χ1v) is 11.4. The maximum absolute atomic E-state index is 11.8. The first-order chi connectivity index (χ1) is 17.1. The molecule has 1 fully saturated rings. The lowest BCUT2D eigenvalue weighted by Gasteiger charge is -2.28. The van der Waals surface area contributed by atoms with Crippen LogP contribution < -0.4 is 10.5 Å². The molecule has 4 N–H and O–H groups in total. The lowest BCUT2D eigenvalue weighted by molar-refractivity contribution is -0.127. The molecule has 1 aliphatic heterocycles. The van der Waals surface area contributed by atoms with E-state index in [9.17, 15) is 4.79 Å². The molecule has 35 heavy (non-hydrogen) atoms. The van der Waals surface area contributed by atoms with Crippen molar-refractivity contribution in [1.29, 1.82) is 5.41 Å². The number of hydrogen-bond acceptors (Lipinski definition) is 3. The standard InChI is InChI=1S/C28H27N5O2/c1-2-25(34)33-16-14-20(15-17-33)8-9-22-18-31-27(28(30)32-19-29)26(22)21-10-12-24(13-11-21)35-23-6-4-3-5-7-23/h2-7,10-13,18-20,31H,1,14-17H2,(H3,29,30,32). The second-order valence-electron chi connectivity index (χ2n) is 8.11. The molecule has 0 aliphatic carbocycles. The van der Waals surface area contributed by atoms with Crippen LogP contribution in [-0.2, 0) is 4.79 Å². The molecule has 7 nitrogen and oxygen atoms in total. The van der Waals surface area contributed by atoms with Crippen LogP contribution in [0.2, 0.25) is 0 Å². The highest BCUT2D eigenvalue weighted by atomic mass is 16.5. The summed E-state index contributed by atoms with van der Waals surface area (Å²) in [5.41, 5.74) is 9.27. The van der Waals surface area contributed by atoms with Crippen molar-refractivity contribution in [3.8, 4) is 34.5 Å². The average molecular weight is 466 g/mol. The van der Waals surface area contributed by atoms with Crippen molar-refractivity contribution in [3.05, 3.63) is 84.7 Å². The van der Waals surface area contributed by atoms with Gasteiger partial charge in [-0.2, -0.15) is 0 Å². The number of nitrogens with two attached hydrogens (primary N) is 1. The summed E-state index contributed by atoms with van der Waals surface area (Å²) in [7, 11) is 0. The zero-order valence-electron chi connectivity index (χ0n) is 19.3. The molecule has 2 aromatic carbocycles. The quantitative estimate of drug-likeness (QED) is 0.215. The third-order valence-electron chi connectivity index (χ3n) is 5.85. The third kappa shape index (κ3) is 5.68. The highest BCUT2D eigenvalue weighted by Crippen LogP contribution is 2.30. The largest absolute Gasteiger partial charge is 0.457 e. The van der Waals surface area contributed by atoms with Gasteiger partial charge in [-0.1, -0.05) is 48.8 Å². The van der Waals surface area contributed by atoms with Crippen LogP contribution in [0, 0.1) is 23.2 Å². The molecule has 1 amide bonds. The first kappa shape index (κ1) is 23.6. The van der Waals surface area contributed by atoms with E-state index in [0.717, 1.165) is 41.6 Å². The maximum Gasteiger partial charge on any atom is 0.245 e. The van der Waals surface area contributed by atoms with E-state index in [1.807, 2.05) is 60.8 Å². The van der Waals surface area contributed by atoms with Crippen LogP contribution >= 0.6 is 0 Å². The van der Waals surface area contributed by atoms with Gasteiger partial charge in [-0.3, -0.25) is 10.2 Å². The Hall–Kier alpha value is -4.57. The predicted molar refractivity (Wildman–Crippen MR) is 139 cm³/mol. The maximum atomic E-state index is 11.8. The Bertz CT molecular complexity index is 1290. The van der Waals surface area contributed by atoms with Crippen molar-refractivity contribution in [2.24, 2.45) is 16.6 Å². The molecule has 0 radical (unpaired) electrons. The summed E-state index contributed by atoms with van der Waals surface area (Å²) >= 11 is 0. The minimum Gasteiger partial charge on any atom is -0.457 e. The van der Waals surface area contributed by atoms with Crippen molar-refractivity contribution in [2.45, 2.75) is 12.8 Å². The van der Waals surface area contributed by atoms with Crippen molar-refractivity contribution >= 4 is 18.1 Å². The van der Waals surface area contributed by atoms with Gasteiger partial charge in [0.05, 0.1) is 11.3 Å². The Balaban J connectivity index is 1.59. The smallest absolute Gasteiger partial charge is 0.245 e. The SMILES string of the molecule is C=CC(=O)N1CCC(C#Cc2c[nH]c(C(N)=NC=N)c2-c2ccc(Oc3ccccc3)cc2)CC1. The number of amidine groups is 1. The highest BCUT2D eigenvalue weighted by Gasteiger charge is 2.20. The summed E-state index contributed by atoms with van der Waals surface area (Å²) in [6, 6.07) is 17.3. The van der Waals surface area contributed by atoms with Gasteiger partial charge < -0.3 is 20.4 Å². The number of aromatic amines is 1. The Morgan fingerprint density at radius 3 is 2.49 bits per heavy atom. The number of carbonyl (C=O) groups excluding carboxylic acids is 1. The van der Waals surface area contributed by atoms with E-state index in [0.29, 0.717) is 24.5 Å². The summed E-state index contributed by atoms with van der Waals surface area (Å²) in [6.45, 7) is 4.92. The topological polar surface area (TPSA) is 108 Å². The number of H-pyrrole nitrogens is 1. The molecule has 0 saturated carbocycles. The number of aromatic nitrogens is 1. The van der Waals surface area contributed by atoms with Gasteiger partial charge in [-0.25, -0.2) is 4.99 Å². The van der Waals surface area contributed by atoms with Gasteiger partial charge in [0.1, 0.15) is 23.7 Å². The average Bonchev–Trinajstić information content (AvgIpc) is 3.32. The summed E-state index contributed by atoms with van der Waals surface area (Å²) < 4.78 is 5.91. The van der Waals surface area contributed by atoms with Crippen LogP contribution in [0.4, 0.5) is 0 Å². The monoisotopic (exact) mass is 465 g/mol. The Morgan fingerprint density at radius 1 is 1.14 bits per heavy atom. The van der Waals surface area contributed by atoms with E-state index in [-0.39, 0.29) is 17.7 Å². The molecule has 1 aliphatic rings. The molecule has 1 aromatic heterocycles. The number of likely N-dealkylation sites (tertiary alicyclic amines) is 1. The molecule has 0 bridgehead atoms. The number of rotatable bonds is 6. The molecule has 1 saturated heterocycles. The van der Waals surface area contributed by atoms with Crippen LogP contribution in [0.5, 0.6) is 11.5 Å². The summed E-state index contributed by atoms with van der Waals surface area (Å²) in [6.07, 6.45) is 5.73. The fraction of sp³-hybridized carbons (Fsp3) is 0.179. The van der Waals surface area contributed by atoms with E-state index in [1.54, 1.807) is 4.90 Å². The van der Waals surface area contributed by atoms with E-state index in [2.05, 4.69) is 28.4 Å². The fourth-order valence-electron chi connectivity index (χ4n) is 4.03. The minimum atomic E-state index is -0.0328. The van der Waals surface area contributed by atoms with Crippen molar-refractivity contribution in [2.75, 3.05) is 13.1 Å². The van der Waals surface area contributed by atoms with Crippen LogP contribution in [-0.4, -0.2) is 41.1 Å². The van der Waals surface area contributed by atoms with Gasteiger partial charge in [0.15, 0.2) is 0 Å². The zero-order chi connectivity index (χ0) is 24.6. The van der Waals surface area contributed by atoms with E-state index >= 15 is 0 Å². The van der Waals surface area contributed by atoms with E-state index in [4.69, 9.17) is 15.9 Å². The van der Waals surface area contributed by atoms with Crippen molar-refractivity contribution in [1.82, 2.24) is 9.88 Å². The molecule has 176 valence electrons. The molecule has 7 heteroatoms. The summed E-state index contributed by atoms with van der Waals surface area (Å²) in [5.74, 6) is 8.53. The van der Waals surface area contributed by atoms with Gasteiger partial charge in [0, 0.05) is 30.8 Å². The number of ether oxygens (including phenoxy) is 1. The van der Waals surface area contributed by atoms with Crippen LogP contribution in [0.3, 0.4) is 0 Å². The van der Waals surface area contributed by atoms with Crippen LogP contribution in [0.15, 0.2) is 78.4 Å². The van der Waals surface area contributed by atoms with Gasteiger partial charge in [0.2, 0.25) is 5.91 Å². The summed E-state index contributed by atoms with van der Waals surface area (Å²) in [4.78, 5) is 20.7. The van der Waals surface area contributed by atoms with E-state index in [1.165, 1.54) is 6.08 Å². The molecule has 3 aromatic rings. The summed E-state index contributed by atoms with van der Waals surface area (Å²) in [5, 5.41) is 7.29. The number of piperidine rings is 1. The second-order valence-corrected chi connectivity index (χ2v) is 8.11. The van der Waals surface area contributed by atoms with E-state index < -0.39 is 0 Å². The lowest BCUT2D eigenvalue weighted by atomic mass is 9.96. The van der Waals surface area contributed by atoms with Crippen molar-refractivity contribution in [3.63, 3.8) is 0 Å². The van der Waals surface area contributed by atoms with Gasteiger partial charge in [0.25, 0.3) is 0 Å². The molecule has 4 rings (SSSR count). The molecular weight excluding hydrogens is 438 g/mol. The minimum absolute atomic E-state index is 0.0328. The normalized spacial score (nSPS) is 14.1. The Morgan fingerprint density at radius 2 is 1.83 bits per heavy atom. The van der Waals surface area contributed by atoms with Gasteiger partial charge in [-0.05, 0) is 48.7 Å². The number of nitrogens with zero attached hydrogens (tertiary/aromatic N) is 2. The first-order valence-electron chi connectivity index (χ1n) is 11.4. The van der Waals surface area contributed by atoms with Gasteiger partial charge >= 0.3 is 0 Å². The number of para-hydroxylation sites is 1. The Labute approximate surface area is 204 Å². The number of aliphatic imine (C=N–C) groups is 1. The number of benzene rings is 2. The number of hydrogen-bond donors (Lipinski definition) is 3.